The first kappa shape index (κ1) is 59.0. The van der Waals surface area contributed by atoms with Gasteiger partial charge in [0, 0.05) is 35.8 Å². The molecule has 8 N–H and O–H groups in total. The van der Waals surface area contributed by atoms with Gasteiger partial charge in [-0.25, -0.2) is 8.78 Å². The lowest BCUT2D eigenvalue weighted by atomic mass is 9.91. The summed E-state index contributed by atoms with van der Waals surface area (Å²) in [6, 6.07) is 21.9. The van der Waals surface area contributed by atoms with Crippen LogP contribution in [0.4, 0.5) is 8.78 Å². The largest absolute Gasteiger partial charge is 0.465 e. The Morgan fingerprint density at radius 1 is 0.553 bits per heavy atom. The van der Waals surface area contributed by atoms with Crippen LogP contribution in [0.15, 0.2) is 97.1 Å². The third-order valence-corrected chi connectivity index (χ3v) is 14.2. The summed E-state index contributed by atoms with van der Waals surface area (Å²) in [4.78, 5) is 82.0. The third kappa shape index (κ3) is 15.4. The van der Waals surface area contributed by atoms with Gasteiger partial charge in [0.1, 0.15) is 47.5 Å². The first-order valence-electron chi connectivity index (χ1n) is 26.1. The van der Waals surface area contributed by atoms with E-state index in [1.54, 1.807) is 64.1 Å². The van der Waals surface area contributed by atoms with E-state index in [0.29, 0.717) is 36.8 Å². The highest BCUT2D eigenvalue weighted by Crippen LogP contribution is 2.39. The van der Waals surface area contributed by atoms with Crippen molar-refractivity contribution in [3.8, 4) is 0 Å². The Morgan fingerprint density at radius 2 is 0.908 bits per heavy atom. The second kappa shape index (κ2) is 28.2. The van der Waals surface area contributed by atoms with Gasteiger partial charge in [-0.3, -0.25) is 28.8 Å². The molecule has 10 atom stereocenters. The Labute approximate surface area is 442 Å². The molecule has 0 spiro atoms. The molecule has 18 heteroatoms. The minimum Gasteiger partial charge on any atom is -0.465 e. The van der Waals surface area contributed by atoms with Gasteiger partial charge in [0.05, 0.1) is 38.5 Å². The van der Waals surface area contributed by atoms with Crippen LogP contribution in [0.2, 0.25) is 0 Å². The topological polar surface area (TPSA) is 256 Å². The van der Waals surface area contributed by atoms with Crippen molar-refractivity contribution in [1.82, 2.24) is 10.6 Å². The average Bonchev–Trinajstić information content (AvgIpc) is 3.96. The van der Waals surface area contributed by atoms with Crippen molar-refractivity contribution in [2.75, 3.05) is 13.2 Å². The van der Waals surface area contributed by atoms with Crippen LogP contribution in [0.5, 0.6) is 0 Å². The lowest BCUT2D eigenvalue weighted by Crippen LogP contribution is -2.57. The van der Waals surface area contributed by atoms with Crippen molar-refractivity contribution in [3.63, 3.8) is 0 Å². The van der Waals surface area contributed by atoms with Crippen molar-refractivity contribution < 1.29 is 66.7 Å². The van der Waals surface area contributed by atoms with E-state index in [0.717, 1.165) is 11.1 Å². The number of halogens is 2. The van der Waals surface area contributed by atoms with Crippen LogP contribution in [-0.4, -0.2) is 95.2 Å². The number of carbonyl (C=O) groups excluding carboxylic acids is 6. The summed E-state index contributed by atoms with van der Waals surface area (Å²) in [6.45, 7) is 6.16. The van der Waals surface area contributed by atoms with Gasteiger partial charge in [0.25, 0.3) is 11.8 Å². The van der Waals surface area contributed by atoms with Gasteiger partial charge in [-0.05, 0) is 84.7 Å². The third-order valence-electron chi connectivity index (χ3n) is 14.2. The number of nitrogens with two attached hydrogens (primary N) is 2. The SMILES string of the molecule is CC(C)[C@H](N)C(=O)OCCCCC(=O)[C@@H]1Cc2ccccc2[C@H]1NC(=O)[C@H](OCc1ccccc1F)[C@H](O)[C@@H](O)[C@@H](OCc1ccccc1F)C(=O)N[C@@H]1c2ccccc2C[C@H]1C(=O)CCCCOC(=O)[C@@H](N)C(C)C. The predicted octanol–water partition coefficient (Wildman–Crippen LogP) is 5.75. The Balaban J connectivity index is 1.23. The van der Waals surface area contributed by atoms with E-state index < -0.39 is 109 Å². The first-order valence-corrected chi connectivity index (χ1v) is 26.1. The maximum atomic E-state index is 15.1. The molecule has 0 aromatic heterocycles. The van der Waals surface area contributed by atoms with Crippen LogP contribution < -0.4 is 22.1 Å². The van der Waals surface area contributed by atoms with Crippen molar-refractivity contribution in [2.45, 2.75) is 141 Å². The molecule has 16 nitrogen and oxygen atoms in total. The molecule has 2 aliphatic rings. The number of Topliss-reactive ketones (excluding diaryl/α,β-unsaturated/α-hetero) is 2. The summed E-state index contributed by atoms with van der Waals surface area (Å²) < 4.78 is 52.8. The summed E-state index contributed by atoms with van der Waals surface area (Å²) in [5, 5.41) is 30.1. The Morgan fingerprint density at radius 3 is 1.28 bits per heavy atom. The minimum absolute atomic E-state index is 0.00447. The Kier molecular flexibility index (Phi) is 21.9. The van der Waals surface area contributed by atoms with Gasteiger partial charge in [0.15, 0.2) is 12.2 Å². The smallest absolute Gasteiger partial charge is 0.323 e. The van der Waals surface area contributed by atoms with Gasteiger partial charge in [-0.2, -0.15) is 0 Å². The number of aliphatic hydroxyl groups excluding tert-OH is 2. The summed E-state index contributed by atoms with van der Waals surface area (Å²) in [5.74, 6) is -6.69. The highest BCUT2D eigenvalue weighted by Gasteiger charge is 2.46. The minimum atomic E-state index is -2.29. The normalized spacial score (nSPS) is 19.2. The average molecular weight is 1060 g/mol. The number of unbranched alkanes of at least 4 members (excludes halogenated alkanes) is 2. The maximum absolute atomic E-state index is 15.1. The highest BCUT2D eigenvalue weighted by molar-refractivity contribution is 5.88. The van der Waals surface area contributed by atoms with Crippen LogP contribution in [-0.2, 0) is 73.8 Å². The molecule has 2 aliphatic carbocycles. The number of fused-ring (bicyclic) bond motifs is 2. The van der Waals surface area contributed by atoms with Crippen LogP contribution in [0.1, 0.15) is 112 Å². The second-order valence-corrected chi connectivity index (χ2v) is 20.3. The van der Waals surface area contributed by atoms with Crippen LogP contribution in [0.25, 0.3) is 0 Å². The molecule has 2 amide bonds. The number of ether oxygens (including phenoxy) is 4. The van der Waals surface area contributed by atoms with Gasteiger partial charge in [0.2, 0.25) is 0 Å². The molecule has 4 aromatic rings. The molecule has 6 rings (SSSR count). The lowest BCUT2D eigenvalue weighted by Gasteiger charge is -2.33. The van der Waals surface area contributed by atoms with Crippen LogP contribution in [0, 0.1) is 35.3 Å². The van der Waals surface area contributed by atoms with E-state index in [-0.39, 0.29) is 73.4 Å². The van der Waals surface area contributed by atoms with Gasteiger partial charge in [-0.15, -0.1) is 0 Å². The number of amides is 2. The molecular weight excluding hydrogens is 983 g/mol. The molecule has 4 aromatic carbocycles. The lowest BCUT2D eigenvalue weighted by molar-refractivity contribution is -0.171. The molecule has 0 bridgehead atoms. The first-order chi connectivity index (χ1) is 36.4. The standard InChI is InChI=1S/C58H72F2N4O12/c1-33(2)47(61)57(71)73-27-15-13-25-45(65)41-29-35-17-5-9-21-39(35)49(41)63-55(69)53(75-31-37-19-7-11-23-43(37)59)51(67)52(68)54(76-32-38-20-8-12-24-44(38)60)56(70)64-50-40-22-10-6-18-36(40)30-42(50)46(66)26-14-16-28-74-58(72)48(62)34(3)4/h5-12,17-24,33-34,41-42,47-54,67-68H,13-16,25-32,61-62H2,1-4H3,(H,63,69)(H,64,70)/t41-,42-,47-,48-,49+,50+,51+,52+,53+,54+/m0/s1. The molecule has 0 aliphatic heterocycles. The Bertz CT molecular complexity index is 2460. The summed E-state index contributed by atoms with van der Waals surface area (Å²) in [6.07, 6.45) is -6.53. The number of aliphatic hydroxyl groups is 2. The zero-order chi connectivity index (χ0) is 55.1. The monoisotopic (exact) mass is 1050 g/mol. The number of hydrogen-bond acceptors (Lipinski definition) is 14. The molecule has 0 heterocycles. The number of esters is 2. The summed E-state index contributed by atoms with van der Waals surface area (Å²) >= 11 is 0. The van der Waals surface area contributed by atoms with Gasteiger partial charge < -0.3 is 51.3 Å². The summed E-state index contributed by atoms with van der Waals surface area (Å²) in [7, 11) is 0. The zero-order valence-corrected chi connectivity index (χ0v) is 43.5. The van der Waals surface area contributed by atoms with Gasteiger partial charge in [-0.1, -0.05) is 113 Å². The van der Waals surface area contributed by atoms with Crippen molar-refractivity contribution in [1.29, 1.82) is 0 Å². The number of ketones is 2. The van der Waals surface area contributed by atoms with Gasteiger partial charge >= 0.3 is 11.9 Å². The number of rotatable bonds is 29. The van der Waals surface area contributed by atoms with Crippen molar-refractivity contribution in [2.24, 2.45) is 35.1 Å². The quantitative estimate of drug-likeness (QED) is 0.0280. The van der Waals surface area contributed by atoms with E-state index in [9.17, 15) is 39.0 Å². The van der Waals surface area contributed by atoms with E-state index >= 15 is 8.78 Å². The molecular formula is C58H72F2N4O12. The second-order valence-electron chi connectivity index (χ2n) is 20.3. The fourth-order valence-corrected chi connectivity index (χ4v) is 9.48. The molecule has 76 heavy (non-hydrogen) atoms. The molecule has 0 unspecified atom stereocenters. The zero-order valence-electron chi connectivity index (χ0n) is 43.5. The van der Waals surface area contributed by atoms with E-state index in [1.807, 2.05) is 12.1 Å². The fourth-order valence-electron chi connectivity index (χ4n) is 9.48. The predicted molar refractivity (Wildman–Crippen MR) is 276 cm³/mol. The molecule has 0 saturated heterocycles. The highest BCUT2D eigenvalue weighted by atomic mass is 19.1. The maximum Gasteiger partial charge on any atom is 0.323 e. The van der Waals surface area contributed by atoms with E-state index in [4.69, 9.17) is 30.4 Å². The van der Waals surface area contributed by atoms with E-state index in [1.165, 1.54) is 48.5 Å². The number of hydrogen-bond donors (Lipinski definition) is 6. The van der Waals surface area contributed by atoms with Crippen LogP contribution in [0.3, 0.4) is 0 Å². The fraction of sp³-hybridized carbons (Fsp3) is 0.483. The van der Waals surface area contributed by atoms with Crippen molar-refractivity contribution in [3.05, 3.63) is 142 Å². The summed E-state index contributed by atoms with van der Waals surface area (Å²) in [5.41, 5.74) is 14.6. The Hall–Kier alpha value is -6.28. The van der Waals surface area contributed by atoms with E-state index in [2.05, 4.69) is 10.6 Å². The molecule has 0 saturated carbocycles. The molecule has 410 valence electrons. The van der Waals surface area contributed by atoms with Crippen molar-refractivity contribution >= 4 is 35.3 Å². The molecule has 0 fully saturated rings. The number of carbonyl (C=O) groups is 6. The number of nitrogens with one attached hydrogen (secondary N) is 2. The number of benzene rings is 4. The van der Waals surface area contributed by atoms with Crippen LogP contribution >= 0.6 is 0 Å². The molecule has 0 radical (unpaired) electrons.